The van der Waals surface area contributed by atoms with Crippen molar-refractivity contribution in [3.05, 3.63) is 28.3 Å². The van der Waals surface area contributed by atoms with Crippen molar-refractivity contribution < 1.29 is 8.42 Å². The lowest BCUT2D eigenvalue weighted by Gasteiger charge is -2.24. The molecule has 1 aromatic carbocycles. The smallest absolute Gasteiger partial charge is 0.243 e. The van der Waals surface area contributed by atoms with Crippen LogP contribution in [0.5, 0.6) is 0 Å². The number of halogens is 1. The van der Waals surface area contributed by atoms with E-state index in [-0.39, 0.29) is 24.4 Å². The summed E-state index contributed by atoms with van der Waals surface area (Å²) in [6, 6.07) is 2.07. The molecule has 6 heteroatoms. The Morgan fingerprint density at radius 1 is 1.18 bits per heavy atom. The fraction of sp³-hybridized carbons (Fsp3) is 0.625. The molecule has 2 rings (SSSR count). The SMILES string of the molecule is Cc1cc(C)c(C)c(S(=O)(=O)N2CC(CN)CC2C)c1C.Cl. The van der Waals surface area contributed by atoms with Crippen molar-refractivity contribution in [2.75, 3.05) is 13.1 Å². The maximum Gasteiger partial charge on any atom is 0.243 e. The third-order valence-corrected chi connectivity index (χ3v) is 7.06. The topological polar surface area (TPSA) is 63.4 Å². The summed E-state index contributed by atoms with van der Waals surface area (Å²) in [5.41, 5.74) is 9.51. The summed E-state index contributed by atoms with van der Waals surface area (Å²) in [7, 11) is -3.46. The van der Waals surface area contributed by atoms with Gasteiger partial charge < -0.3 is 5.73 Å². The number of benzene rings is 1. The molecule has 0 aromatic heterocycles. The van der Waals surface area contributed by atoms with Crippen LogP contribution in [-0.4, -0.2) is 31.9 Å². The van der Waals surface area contributed by atoms with Crippen LogP contribution in [0.15, 0.2) is 11.0 Å². The summed E-state index contributed by atoms with van der Waals surface area (Å²) >= 11 is 0. The molecule has 0 bridgehead atoms. The molecule has 0 radical (unpaired) electrons. The summed E-state index contributed by atoms with van der Waals surface area (Å²) in [4.78, 5) is 0.490. The molecule has 2 N–H and O–H groups in total. The van der Waals surface area contributed by atoms with Gasteiger partial charge in [-0.25, -0.2) is 8.42 Å². The Morgan fingerprint density at radius 2 is 1.68 bits per heavy atom. The molecule has 0 amide bonds. The van der Waals surface area contributed by atoms with Crippen LogP contribution in [0, 0.1) is 33.6 Å². The first-order valence-corrected chi connectivity index (χ1v) is 8.93. The zero-order valence-corrected chi connectivity index (χ0v) is 15.6. The van der Waals surface area contributed by atoms with E-state index in [2.05, 4.69) is 6.07 Å². The zero-order valence-electron chi connectivity index (χ0n) is 14.0. The highest BCUT2D eigenvalue weighted by Gasteiger charge is 2.38. The van der Waals surface area contributed by atoms with Crippen LogP contribution >= 0.6 is 12.4 Å². The fourth-order valence-corrected chi connectivity index (χ4v) is 5.60. The van der Waals surface area contributed by atoms with Gasteiger partial charge in [-0.3, -0.25) is 0 Å². The molecule has 1 aliphatic heterocycles. The predicted octanol–water partition coefficient (Wildman–Crippen LogP) is 2.70. The number of rotatable bonds is 3. The molecule has 1 fully saturated rings. The van der Waals surface area contributed by atoms with E-state index >= 15 is 0 Å². The Balaban J connectivity index is 0.00000242. The molecule has 22 heavy (non-hydrogen) atoms. The summed E-state index contributed by atoms with van der Waals surface area (Å²) in [5.74, 6) is 0.265. The van der Waals surface area contributed by atoms with Gasteiger partial charge >= 0.3 is 0 Å². The van der Waals surface area contributed by atoms with Crippen LogP contribution in [0.1, 0.15) is 35.6 Å². The van der Waals surface area contributed by atoms with E-state index in [0.29, 0.717) is 18.0 Å². The number of nitrogens with two attached hydrogens (primary N) is 1. The fourth-order valence-electron chi connectivity index (χ4n) is 3.30. The van der Waals surface area contributed by atoms with Crippen LogP contribution in [0.2, 0.25) is 0 Å². The molecule has 2 atom stereocenters. The second-order valence-electron chi connectivity index (χ2n) is 6.35. The van der Waals surface area contributed by atoms with Gasteiger partial charge in [0, 0.05) is 12.6 Å². The second-order valence-corrected chi connectivity index (χ2v) is 8.18. The number of nitrogens with zero attached hydrogens (tertiary/aromatic N) is 1. The Kier molecular flexibility index (Phi) is 6.07. The standard InChI is InChI=1S/C16H26N2O2S.ClH/c1-10-6-11(2)14(5)16(13(10)4)21(19,20)18-9-15(8-17)7-12(18)3;/h6,12,15H,7-9,17H2,1-5H3;1H. The first-order chi connectivity index (χ1) is 9.70. The van der Waals surface area contributed by atoms with Gasteiger partial charge in [-0.15, -0.1) is 12.4 Å². The van der Waals surface area contributed by atoms with Crippen LogP contribution in [0.25, 0.3) is 0 Å². The summed E-state index contributed by atoms with van der Waals surface area (Å²) in [6.07, 6.45) is 0.846. The van der Waals surface area contributed by atoms with Crippen molar-refractivity contribution in [3.8, 4) is 0 Å². The number of sulfonamides is 1. The molecular weight excluding hydrogens is 320 g/mol. The van der Waals surface area contributed by atoms with Gasteiger partial charge in [-0.2, -0.15) is 4.31 Å². The highest BCUT2D eigenvalue weighted by molar-refractivity contribution is 7.89. The summed E-state index contributed by atoms with van der Waals surface area (Å²) in [6.45, 7) is 10.8. The van der Waals surface area contributed by atoms with Crippen molar-refractivity contribution in [2.45, 2.75) is 52.0 Å². The Morgan fingerprint density at radius 3 is 2.09 bits per heavy atom. The largest absolute Gasteiger partial charge is 0.330 e. The number of hydrogen-bond donors (Lipinski definition) is 1. The lowest BCUT2D eigenvalue weighted by atomic mass is 10.0. The highest BCUT2D eigenvalue weighted by atomic mass is 35.5. The van der Waals surface area contributed by atoms with Gasteiger partial charge in [0.05, 0.1) is 4.90 Å². The van der Waals surface area contributed by atoms with Crippen LogP contribution in [0.4, 0.5) is 0 Å². The average Bonchev–Trinajstić information content (AvgIpc) is 2.78. The Bertz CT molecular complexity index is 632. The van der Waals surface area contributed by atoms with E-state index < -0.39 is 10.0 Å². The van der Waals surface area contributed by atoms with E-state index in [1.807, 2.05) is 34.6 Å². The molecule has 4 nitrogen and oxygen atoms in total. The molecule has 1 heterocycles. The summed E-state index contributed by atoms with van der Waals surface area (Å²) < 4.78 is 27.9. The van der Waals surface area contributed by atoms with E-state index in [1.54, 1.807) is 4.31 Å². The first kappa shape index (κ1) is 19.4. The molecule has 0 spiro atoms. The van der Waals surface area contributed by atoms with Gasteiger partial charge in [-0.05, 0) is 75.8 Å². The van der Waals surface area contributed by atoms with E-state index in [9.17, 15) is 8.42 Å². The minimum atomic E-state index is -3.46. The van der Waals surface area contributed by atoms with Gasteiger partial charge in [-0.1, -0.05) is 6.07 Å². The van der Waals surface area contributed by atoms with E-state index in [1.165, 1.54) is 0 Å². The molecule has 0 saturated carbocycles. The van der Waals surface area contributed by atoms with Gasteiger partial charge in [0.2, 0.25) is 10.0 Å². The molecular formula is C16H27ClN2O2S. The second kappa shape index (κ2) is 6.87. The molecule has 1 aliphatic rings. The molecule has 0 aliphatic carbocycles. The third-order valence-electron chi connectivity index (χ3n) is 4.80. The normalized spacial score (nSPS) is 22.6. The maximum absolute atomic E-state index is 13.1. The van der Waals surface area contributed by atoms with Gasteiger partial charge in [0.15, 0.2) is 0 Å². The average molecular weight is 347 g/mol. The Labute approximate surface area is 140 Å². The van der Waals surface area contributed by atoms with Crippen LogP contribution in [-0.2, 0) is 10.0 Å². The minimum absolute atomic E-state index is 0. The zero-order chi connectivity index (χ0) is 15.9. The van der Waals surface area contributed by atoms with Crippen molar-refractivity contribution in [3.63, 3.8) is 0 Å². The lowest BCUT2D eigenvalue weighted by Crippen LogP contribution is -2.35. The molecule has 1 saturated heterocycles. The van der Waals surface area contributed by atoms with Gasteiger partial charge in [0.25, 0.3) is 0 Å². The molecule has 2 unspecified atom stereocenters. The van der Waals surface area contributed by atoms with Crippen molar-refractivity contribution >= 4 is 22.4 Å². The third kappa shape index (κ3) is 3.18. The molecule has 1 aromatic rings. The predicted molar refractivity (Wildman–Crippen MR) is 93.2 cm³/mol. The van der Waals surface area contributed by atoms with E-state index in [0.717, 1.165) is 28.7 Å². The van der Waals surface area contributed by atoms with Gasteiger partial charge in [0.1, 0.15) is 0 Å². The number of aryl methyl sites for hydroxylation is 2. The van der Waals surface area contributed by atoms with Crippen molar-refractivity contribution in [1.82, 2.24) is 4.31 Å². The highest BCUT2D eigenvalue weighted by Crippen LogP contribution is 2.33. The lowest BCUT2D eigenvalue weighted by molar-refractivity contribution is 0.404. The monoisotopic (exact) mass is 346 g/mol. The Hall–Kier alpha value is -0.620. The quantitative estimate of drug-likeness (QED) is 0.915. The van der Waals surface area contributed by atoms with Crippen molar-refractivity contribution in [2.24, 2.45) is 11.7 Å². The van der Waals surface area contributed by atoms with Crippen LogP contribution in [0.3, 0.4) is 0 Å². The van der Waals surface area contributed by atoms with E-state index in [4.69, 9.17) is 5.73 Å². The number of hydrogen-bond acceptors (Lipinski definition) is 3. The minimum Gasteiger partial charge on any atom is -0.330 e. The first-order valence-electron chi connectivity index (χ1n) is 7.49. The van der Waals surface area contributed by atoms with Crippen molar-refractivity contribution in [1.29, 1.82) is 0 Å². The van der Waals surface area contributed by atoms with Crippen LogP contribution < -0.4 is 5.73 Å². The molecule has 126 valence electrons. The maximum atomic E-state index is 13.1. The summed E-state index contributed by atoms with van der Waals surface area (Å²) in [5, 5.41) is 0.